The Labute approximate surface area is 124 Å². The lowest BCUT2D eigenvalue weighted by Gasteiger charge is -2.27. The van der Waals surface area contributed by atoms with E-state index < -0.39 is 30.6 Å². The first kappa shape index (κ1) is 14.8. The van der Waals surface area contributed by atoms with Crippen LogP contribution in [-0.2, 0) is 4.74 Å². The summed E-state index contributed by atoms with van der Waals surface area (Å²) in [5.41, 5.74) is 4.56. The maximum atomic E-state index is 10.5. The molecule has 0 aliphatic carbocycles. The zero-order valence-electron chi connectivity index (χ0n) is 11.7. The van der Waals surface area contributed by atoms with Gasteiger partial charge in [-0.3, -0.25) is 9.98 Å². The number of aliphatic hydroxyl groups is 3. The van der Waals surface area contributed by atoms with Crippen LogP contribution in [0, 0.1) is 5.41 Å². The van der Waals surface area contributed by atoms with Gasteiger partial charge in [0, 0.05) is 0 Å². The van der Waals surface area contributed by atoms with Gasteiger partial charge >= 0.3 is 0 Å². The van der Waals surface area contributed by atoms with Gasteiger partial charge in [-0.1, -0.05) is 0 Å². The van der Waals surface area contributed by atoms with E-state index in [1.165, 1.54) is 24.1 Å². The number of hydrogen-bond donors (Lipinski definition) is 5. The average Bonchev–Trinajstić information content (AvgIpc) is 2.99. The second-order valence-electron chi connectivity index (χ2n) is 5.34. The van der Waals surface area contributed by atoms with Crippen LogP contribution in [0.4, 0.5) is 0 Å². The summed E-state index contributed by atoms with van der Waals surface area (Å²) >= 11 is 0. The number of nitrogens with one attached hydrogen (secondary N) is 1. The minimum atomic E-state index is -1.65. The van der Waals surface area contributed by atoms with Crippen LogP contribution < -0.4 is 5.73 Å². The van der Waals surface area contributed by atoms with Gasteiger partial charge in [-0.2, -0.15) is 0 Å². The summed E-state index contributed by atoms with van der Waals surface area (Å²) in [7, 11) is 0. The number of hydrogen-bond acceptors (Lipinski definition) is 8. The van der Waals surface area contributed by atoms with Crippen LogP contribution in [0.25, 0.3) is 11.2 Å². The first-order valence-electron chi connectivity index (χ1n) is 6.56. The zero-order chi connectivity index (χ0) is 16.1. The lowest BCUT2D eigenvalue weighted by atomic mass is 9.96. The van der Waals surface area contributed by atoms with Gasteiger partial charge in [-0.25, -0.2) is 15.0 Å². The molecule has 4 atom stereocenters. The lowest BCUT2D eigenvalue weighted by Crippen LogP contribution is -2.44. The van der Waals surface area contributed by atoms with Gasteiger partial charge in [0.15, 0.2) is 11.9 Å². The predicted octanol–water partition coefficient (Wildman–Crippen LogP) is -1.89. The van der Waals surface area contributed by atoms with Crippen LogP contribution in [0.3, 0.4) is 0 Å². The van der Waals surface area contributed by atoms with Gasteiger partial charge in [0.2, 0.25) is 0 Å². The number of fused-ring (bicyclic) bond motifs is 1. The number of rotatable bonds is 3. The molecular weight excluding hydrogens is 292 g/mol. The van der Waals surface area contributed by atoms with Crippen LogP contribution in [0.5, 0.6) is 0 Å². The van der Waals surface area contributed by atoms with Gasteiger partial charge in [-0.15, -0.1) is 0 Å². The molecule has 10 nitrogen and oxygen atoms in total. The summed E-state index contributed by atoms with van der Waals surface area (Å²) in [4.78, 5) is 12.1. The molecule has 3 rings (SSSR count). The fraction of sp³-hybridized carbons (Fsp3) is 0.500. The third kappa shape index (κ3) is 1.96. The Morgan fingerprint density at radius 3 is 2.82 bits per heavy atom. The van der Waals surface area contributed by atoms with E-state index in [9.17, 15) is 15.3 Å². The second-order valence-corrected chi connectivity index (χ2v) is 5.34. The van der Waals surface area contributed by atoms with Gasteiger partial charge < -0.3 is 25.8 Å². The third-order valence-corrected chi connectivity index (χ3v) is 3.80. The van der Waals surface area contributed by atoms with E-state index in [2.05, 4.69) is 15.0 Å². The molecule has 6 N–H and O–H groups in total. The SMILES string of the molecule is C[C@@]1(O)[C@H](O)[C@@H](CO)O[C@H]1n1cnc2c(C(=N)N)ncnc21. The molecule has 118 valence electrons. The van der Waals surface area contributed by atoms with Crippen molar-refractivity contribution >= 4 is 17.0 Å². The van der Waals surface area contributed by atoms with Crippen molar-refractivity contribution in [2.45, 2.75) is 31.0 Å². The van der Waals surface area contributed by atoms with Crippen LogP contribution in [-0.4, -0.2) is 65.1 Å². The Morgan fingerprint density at radius 1 is 1.50 bits per heavy atom. The standard InChI is InChI=1S/C12H16N6O4/c1-12(21)8(20)5(2-19)22-11(12)18-4-17-7-6(9(13)14)15-3-16-10(7)18/h3-5,8,11,19-21H,2H2,1H3,(H3,13,14)/t5-,8-,11-,12-/m1/s1. The highest BCUT2D eigenvalue weighted by atomic mass is 16.6. The van der Waals surface area contributed by atoms with E-state index in [-0.39, 0.29) is 17.0 Å². The molecular formula is C12H16N6O4. The molecule has 0 radical (unpaired) electrons. The number of imidazole rings is 1. The molecule has 2 aromatic heterocycles. The molecule has 1 saturated heterocycles. The zero-order valence-corrected chi connectivity index (χ0v) is 11.7. The van der Waals surface area contributed by atoms with E-state index >= 15 is 0 Å². The fourth-order valence-corrected chi connectivity index (χ4v) is 2.61. The molecule has 1 aliphatic rings. The van der Waals surface area contributed by atoms with Crippen molar-refractivity contribution in [2.24, 2.45) is 5.73 Å². The summed E-state index contributed by atoms with van der Waals surface area (Å²) in [5.74, 6) is -0.259. The minimum absolute atomic E-state index is 0.167. The molecule has 0 bridgehead atoms. The van der Waals surface area contributed by atoms with Crippen molar-refractivity contribution in [3.05, 3.63) is 18.3 Å². The largest absolute Gasteiger partial charge is 0.394 e. The van der Waals surface area contributed by atoms with Crippen LogP contribution in [0.1, 0.15) is 18.8 Å². The van der Waals surface area contributed by atoms with Crippen LogP contribution in [0.15, 0.2) is 12.7 Å². The summed E-state index contributed by atoms with van der Waals surface area (Å²) in [5, 5.41) is 37.2. The van der Waals surface area contributed by atoms with Gasteiger partial charge in [0.05, 0.1) is 12.9 Å². The van der Waals surface area contributed by atoms with Crippen molar-refractivity contribution in [3.63, 3.8) is 0 Å². The Kier molecular flexibility index (Phi) is 3.33. The number of nitrogens with zero attached hydrogens (tertiary/aromatic N) is 4. The monoisotopic (exact) mass is 308 g/mol. The van der Waals surface area contributed by atoms with Crippen molar-refractivity contribution in [3.8, 4) is 0 Å². The normalized spacial score (nSPS) is 31.7. The Balaban J connectivity index is 2.12. The maximum absolute atomic E-state index is 10.5. The van der Waals surface area contributed by atoms with Crippen LogP contribution >= 0.6 is 0 Å². The molecule has 1 aliphatic heterocycles. The van der Waals surface area contributed by atoms with E-state index in [1.54, 1.807) is 0 Å². The van der Waals surface area contributed by atoms with E-state index in [1.807, 2.05) is 0 Å². The van der Waals surface area contributed by atoms with Crippen molar-refractivity contribution in [1.82, 2.24) is 19.5 Å². The molecule has 3 heterocycles. The fourth-order valence-electron chi connectivity index (χ4n) is 2.61. The Hall–Kier alpha value is -2.14. The summed E-state index contributed by atoms with van der Waals surface area (Å²) in [6, 6.07) is 0. The van der Waals surface area contributed by atoms with Crippen molar-refractivity contribution in [1.29, 1.82) is 5.41 Å². The summed E-state index contributed by atoms with van der Waals surface area (Å²) in [6.45, 7) is 0.963. The maximum Gasteiger partial charge on any atom is 0.168 e. The quantitative estimate of drug-likeness (QED) is 0.324. The highest BCUT2D eigenvalue weighted by Crippen LogP contribution is 2.39. The Morgan fingerprint density at radius 2 is 2.23 bits per heavy atom. The van der Waals surface area contributed by atoms with Crippen molar-refractivity contribution < 1.29 is 20.1 Å². The summed E-state index contributed by atoms with van der Waals surface area (Å²) in [6.07, 6.45) is -0.613. The Bertz CT molecular complexity index is 729. The predicted molar refractivity (Wildman–Crippen MR) is 74.0 cm³/mol. The molecule has 0 spiro atoms. The molecule has 22 heavy (non-hydrogen) atoms. The topological polar surface area (TPSA) is 163 Å². The van der Waals surface area contributed by atoms with Gasteiger partial charge in [-0.05, 0) is 6.92 Å². The molecule has 0 saturated carbocycles. The number of amidine groups is 1. The number of aromatic nitrogens is 4. The van der Waals surface area contributed by atoms with E-state index in [4.69, 9.17) is 15.9 Å². The second kappa shape index (κ2) is 4.95. The number of ether oxygens (including phenoxy) is 1. The lowest BCUT2D eigenvalue weighted by molar-refractivity contribution is -0.0950. The smallest absolute Gasteiger partial charge is 0.168 e. The van der Waals surface area contributed by atoms with Gasteiger partial charge in [0.1, 0.15) is 41.2 Å². The molecule has 2 aromatic rings. The van der Waals surface area contributed by atoms with Crippen LogP contribution in [0.2, 0.25) is 0 Å². The minimum Gasteiger partial charge on any atom is -0.394 e. The highest BCUT2D eigenvalue weighted by molar-refractivity contribution is 6.02. The van der Waals surface area contributed by atoms with Crippen molar-refractivity contribution in [2.75, 3.05) is 6.61 Å². The van der Waals surface area contributed by atoms with E-state index in [0.29, 0.717) is 5.65 Å². The molecule has 0 aromatic carbocycles. The number of aliphatic hydroxyl groups excluding tert-OH is 2. The molecule has 10 heteroatoms. The third-order valence-electron chi connectivity index (χ3n) is 3.80. The molecule has 0 amide bonds. The average molecular weight is 308 g/mol. The molecule has 1 fully saturated rings. The summed E-state index contributed by atoms with van der Waals surface area (Å²) < 4.78 is 6.94. The highest BCUT2D eigenvalue weighted by Gasteiger charge is 2.53. The number of nitrogens with two attached hydrogens (primary N) is 1. The first-order chi connectivity index (χ1) is 10.4. The number of nitrogen functional groups attached to an aromatic ring is 1. The van der Waals surface area contributed by atoms with Gasteiger partial charge in [0.25, 0.3) is 0 Å². The first-order valence-corrected chi connectivity index (χ1v) is 6.56. The van der Waals surface area contributed by atoms with E-state index in [0.717, 1.165) is 0 Å². The molecule has 0 unspecified atom stereocenters.